The van der Waals surface area contributed by atoms with Gasteiger partial charge in [0.1, 0.15) is 10.8 Å². The first-order chi connectivity index (χ1) is 14.2. The largest absolute Gasteiger partial charge is 0.365 e. The van der Waals surface area contributed by atoms with E-state index in [1.165, 1.54) is 5.56 Å². The van der Waals surface area contributed by atoms with Gasteiger partial charge in [0.25, 0.3) is 0 Å². The zero-order valence-corrected chi connectivity index (χ0v) is 17.2. The Morgan fingerprint density at radius 2 is 1.83 bits per heavy atom. The molecule has 6 nitrogen and oxygen atoms in total. The predicted octanol–water partition coefficient (Wildman–Crippen LogP) is 4.58. The molecule has 29 heavy (non-hydrogen) atoms. The van der Waals surface area contributed by atoms with E-state index in [1.54, 1.807) is 24.2 Å². The Balaban J connectivity index is 1.36. The van der Waals surface area contributed by atoms with Gasteiger partial charge >= 0.3 is 0 Å². The van der Waals surface area contributed by atoms with Gasteiger partial charge in [-0.15, -0.1) is 11.8 Å². The molecule has 0 amide bonds. The topological polar surface area (TPSA) is 68.5 Å². The van der Waals surface area contributed by atoms with Crippen molar-refractivity contribution >= 4 is 17.6 Å². The summed E-state index contributed by atoms with van der Waals surface area (Å²) in [5.74, 6) is 2.44. The van der Waals surface area contributed by atoms with Crippen molar-refractivity contribution in [3.8, 4) is 5.82 Å². The summed E-state index contributed by atoms with van der Waals surface area (Å²) in [5, 5.41) is 8.70. The maximum absolute atomic E-state index is 4.64. The molecule has 3 heterocycles. The van der Waals surface area contributed by atoms with Crippen LogP contribution in [0.15, 0.2) is 72.1 Å². The molecule has 1 aromatic carbocycles. The van der Waals surface area contributed by atoms with E-state index in [2.05, 4.69) is 37.5 Å². The minimum Gasteiger partial charge on any atom is -0.365 e. The lowest BCUT2D eigenvalue weighted by atomic mass is 10.2. The highest BCUT2D eigenvalue weighted by Crippen LogP contribution is 2.21. The van der Waals surface area contributed by atoms with E-state index in [-0.39, 0.29) is 0 Å². The number of aryl methyl sites for hydroxylation is 2. The van der Waals surface area contributed by atoms with E-state index in [0.717, 1.165) is 39.4 Å². The van der Waals surface area contributed by atoms with E-state index < -0.39 is 0 Å². The van der Waals surface area contributed by atoms with Crippen molar-refractivity contribution in [2.45, 2.75) is 31.2 Å². The number of pyridine rings is 1. The van der Waals surface area contributed by atoms with Crippen LogP contribution in [0.4, 0.5) is 5.82 Å². The fourth-order valence-corrected chi connectivity index (χ4v) is 3.74. The first kappa shape index (κ1) is 19.1. The molecule has 0 spiro atoms. The molecule has 3 aromatic heterocycles. The van der Waals surface area contributed by atoms with Crippen molar-refractivity contribution in [2.75, 3.05) is 5.32 Å². The van der Waals surface area contributed by atoms with Crippen molar-refractivity contribution in [2.24, 2.45) is 0 Å². The van der Waals surface area contributed by atoms with Crippen LogP contribution in [0.1, 0.15) is 22.5 Å². The van der Waals surface area contributed by atoms with Gasteiger partial charge in [-0.2, -0.15) is 5.10 Å². The Morgan fingerprint density at radius 1 is 0.966 bits per heavy atom. The van der Waals surface area contributed by atoms with Crippen molar-refractivity contribution < 1.29 is 0 Å². The van der Waals surface area contributed by atoms with Crippen LogP contribution in [0.5, 0.6) is 0 Å². The monoisotopic (exact) mass is 402 g/mol. The van der Waals surface area contributed by atoms with Crippen LogP contribution in [0.25, 0.3) is 5.82 Å². The third kappa shape index (κ3) is 5.00. The van der Waals surface area contributed by atoms with Gasteiger partial charge in [-0.25, -0.2) is 14.6 Å². The van der Waals surface area contributed by atoms with Crippen LogP contribution < -0.4 is 5.32 Å². The second-order valence-corrected chi connectivity index (χ2v) is 7.73. The molecule has 7 heteroatoms. The van der Waals surface area contributed by atoms with Gasteiger partial charge in [-0.05, 0) is 37.1 Å². The molecule has 4 rings (SSSR count). The molecule has 0 aliphatic heterocycles. The van der Waals surface area contributed by atoms with Crippen LogP contribution in [-0.4, -0.2) is 24.7 Å². The number of nitrogens with zero attached hydrogens (tertiary/aromatic N) is 5. The zero-order chi connectivity index (χ0) is 20.1. The third-order valence-corrected chi connectivity index (χ3v) is 5.32. The highest BCUT2D eigenvalue weighted by atomic mass is 32.2. The molecule has 1 N–H and O–H groups in total. The Kier molecular flexibility index (Phi) is 5.86. The molecule has 4 aromatic rings. The van der Waals surface area contributed by atoms with Gasteiger partial charge in [0.15, 0.2) is 5.82 Å². The maximum Gasteiger partial charge on any atom is 0.153 e. The summed E-state index contributed by atoms with van der Waals surface area (Å²) in [7, 11) is 0. The molecule has 0 aliphatic rings. The van der Waals surface area contributed by atoms with Gasteiger partial charge < -0.3 is 5.32 Å². The molecule has 0 saturated carbocycles. The minimum atomic E-state index is 0.631. The van der Waals surface area contributed by atoms with E-state index in [1.807, 2.05) is 61.1 Å². The van der Waals surface area contributed by atoms with Crippen molar-refractivity contribution in [3.63, 3.8) is 0 Å². The second-order valence-electron chi connectivity index (χ2n) is 6.73. The van der Waals surface area contributed by atoms with Crippen LogP contribution in [0.2, 0.25) is 0 Å². The van der Waals surface area contributed by atoms with Crippen LogP contribution in [0, 0.1) is 13.8 Å². The summed E-state index contributed by atoms with van der Waals surface area (Å²) < 4.78 is 1.85. The average molecular weight is 403 g/mol. The number of benzene rings is 1. The van der Waals surface area contributed by atoms with E-state index in [9.17, 15) is 0 Å². The quantitative estimate of drug-likeness (QED) is 0.457. The molecular weight excluding hydrogens is 380 g/mol. The smallest absolute Gasteiger partial charge is 0.153 e. The second kappa shape index (κ2) is 8.87. The lowest BCUT2D eigenvalue weighted by Gasteiger charge is -2.08. The number of thioether (sulfide) groups is 1. The summed E-state index contributed by atoms with van der Waals surface area (Å²) in [6, 6.07) is 16.4. The standard InChI is InChI=1S/C22H22N6S/c1-16-10-17(2)28(27-16)21-9-8-19(12-25-21)11-24-20-13-23-14-22(26-20)29-15-18-6-4-3-5-7-18/h3-10,12-14H,11,15H2,1-2H3,(H,24,26). The lowest BCUT2D eigenvalue weighted by molar-refractivity contribution is 0.804. The Morgan fingerprint density at radius 3 is 2.55 bits per heavy atom. The van der Waals surface area contributed by atoms with Crippen molar-refractivity contribution in [3.05, 3.63) is 89.6 Å². The minimum absolute atomic E-state index is 0.631. The number of aromatic nitrogens is 5. The van der Waals surface area contributed by atoms with Gasteiger partial charge in [-0.3, -0.25) is 4.98 Å². The number of rotatable bonds is 7. The van der Waals surface area contributed by atoms with Gasteiger partial charge in [0, 0.05) is 24.2 Å². The van der Waals surface area contributed by atoms with E-state index in [4.69, 9.17) is 0 Å². The third-order valence-electron chi connectivity index (χ3n) is 4.35. The molecule has 0 atom stereocenters. The molecule has 0 aliphatic carbocycles. The van der Waals surface area contributed by atoms with Gasteiger partial charge in [0.05, 0.1) is 18.1 Å². The summed E-state index contributed by atoms with van der Waals surface area (Å²) >= 11 is 1.68. The van der Waals surface area contributed by atoms with E-state index >= 15 is 0 Å². The SMILES string of the molecule is Cc1cc(C)n(-c2ccc(CNc3cncc(SCc4ccccc4)n3)cn2)n1. The summed E-state index contributed by atoms with van der Waals surface area (Å²) in [6.07, 6.45) is 5.40. The predicted molar refractivity (Wildman–Crippen MR) is 116 cm³/mol. The fourth-order valence-electron chi connectivity index (χ4n) is 2.93. The average Bonchev–Trinajstić information content (AvgIpc) is 3.10. The lowest BCUT2D eigenvalue weighted by Crippen LogP contribution is -2.05. The highest BCUT2D eigenvalue weighted by molar-refractivity contribution is 7.98. The Hall–Kier alpha value is -3.19. The van der Waals surface area contributed by atoms with Gasteiger partial charge in [0.2, 0.25) is 0 Å². The number of hydrogen-bond acceptors (Lipinski definition) is 6. The van der Waals surface area contributed by atoms with Crippen molar-refractivity contribution in [1.29, 1.82) is 0 Å². The number of nitrogens with one attached hydrogen (secondary N) is 1. The summed E-state index contributed by atoms with van der Waals surface area (Å²) in [6.45, 7) is 4.64. The first-order valence-electron chi connectivity index (χ1n) is 9.38. The maximum atomic E-state index is 4.64. The van der Waals surface area contributed by atoms with Crippen LogP contribution in [0.3, 0.4) is 0 Å². The highest BCUT2D eigenvalue weighted by Gasteiger charge is 2.05. The van der Waals surface area contributed by atoms with Gasteiger partial charge in [-0.1, -0.05) is 36.4 Å². The normalized spacial score (nSPS) is 10.8. The molecule has 0 fully saturated rings. The Bertz CT molecular complexity index is 1080. The number of hydrogen-bond donors (Lipinski definition) is 1. The van der Waals surface area contributed by atoms with Crippen LogP contribution in [-0.2, 0) is 12.3 Å². The van der Waals surface area contributed by atoms with Crippen molar-refractivity contribution in [1.82, 2.24) is 24.7 Å². The summed E-state index contributed by atoms with van der Waals surface area (Å²) in [5.41, 5.74) is 4.39. The van der Waals surface area contributed by atoms with E-state index in [0.29, 0.717) is 6.54 Å². The molecule has 0 bridgehead atoms. The fraction of sp³-hybridized carbons (Fsp3) is 0.182. The molecule has 0 unspecified atom stereocenters. The Labute approximate surface area is 174 Å². The molecular formula is C22H22N6S. The zero-order valence-electron chi connectivity index (χ0n) is 16.4. The number of anilines is 1. The van der Waals surface area contributed by atoms with Crippen LogP contribution >= 0.6 is 11.8 Å². The molecule has 146 valence electrons. The molecule has 0 radical (unpaired) electrons. The molecule has 0 saturated heterocycles. The first-order valence-corrected chi connectivity index (χ1v) is 10.4. The summed E-state index contributed by atoms with van der Waals surface area (Å²) in [4.78, 5) is 13.5.